The van der Waals surface area contributed by atoms with E-state index in [1.807, 2.05) is 49.1 Å². The summed E-state index contributed by atoms with van der Waals surface area (Å²) in [6, 6.07) is 12.7. The van der Waals surface area contributed by atoms with Crippen molar-refractivity contribution in [2.75, 3.05) is 20.2 Å². The molecule has 1 N–H and O–H groups in total. The van der Waals surface area contributed by atoms with Gasteiger partial charge in [0.2, 0.25) is 5.91 Å². The third-order valence-electron chi connectivity index (χ3n) is 4.18. The maximum atomic E-state index is 13.8. The summed E-state index contributed by atoms with van der Waals surface area (Å²) in [5, 5.41) is 3.01. The van der Waals surface area contributed by atoms with Crippen LogP contribution in [-0.4, -0.2) is 31.0 Å². The topological polar surface area (TPSA) is 41.6 Å². The molecular formula is C20H24BrFN2O2. The lowest BCUT2D eigenvalue weighted by atomic mass is 10.1. The zero-order valence-corrected chi connectivity index (χ0v) is 16.8. The van der Waals surface area contributed by atoms with Gasteiger partial charge in [0.25, 0.3) is 0 Å². The highest BCUT2D eigenvalue weighted by Crippen LogP contribution is 2.19. The number of benzene rings is 2. The maximum Gasteiger partial charge on any atom is 0.234 e. The molecule has 140 valence electrons. The number of hydrogen-bond donors (Lipinski definition) is 1. The van der Waals surface area contributed by atoms with Crippen LogP contribution in [0.1, 0.15) is 31.0 Å². The summed E-state index contributed by atoms with van der Waals surface area (Å²) in [6.45, 7) is 5.37. The zero-order chi connectivity index (χ0) is 19.1. The van der Waals surface area contributed by atoms with Crippen molar-refractivity contribution in [3.8, 4) is 5.75 Å². The van der Waals surface area contributed by atoms with Gasteiger partial charge in [-0.3, -0.25) is 9.69 Å². The smallest absolute Gasteiger partial charge is 0.234 e. The summed E-state index contributed by atoms with van der Waals surface area (Å²) in [6.07, 6.45) is 0. The Hall–Kier alpha value is -1.92. The Labute approximate surface area is 162 Å². The molecule has 6 heteroatoms. The van der Waals surface area contributed by atoms with Crippen LogP contribution in [0.4, 0.5) is 4.39 Å². The largest absolute Gasteiger partial charge is 0.494 e. The number of rotatable bonds is 8. The molecule has 0 unspecified atom stereocenters. The van der Waals surface area contributed by atoms with E-state index in [9.17, 15) is 9.18 Å². The SMILES string of the molecule is CCN(CC(=O)N[C@@H](C)c1ccc(Br)cc1)Cc1ccc(OC)c(F)c1. The van der Waals surface area contributed by atoms with Gasteiger partial charge < -0.3 is 10.1 Å². The molecule has 0 spiro atoms. The Morgan fingerprint density at radius 3 is 2.54 bits per heavy atom. The molecule has 0 fully saturated rings. The normalized spacial score (nSPS) is 12.1. The first-order valence-corrected chi connectivity index (χ1v) is 9.31. The molecule has 0 radical (unpaired) electrons. The number of likely N-dealkylation sites (N-methyl/N-ethyl adjacent to an activating group) is 1. The van der Waals surface area contributed by atoms with E-state index in [0.29, 0.717) is 13.1 Å². The van der Waals surface area contributed by atoms with Gasteiger partial charge in [0.1, 0.15) is 0 Å². The molecule has 0 aliphatic carbocycles. The van der Waals surface area contributed by atoms with Gasteiger partial charge >= 0.3 is 0 Å². The van der Waals surface area contributed by atoms with Crippen molar-refractivity contribution < 1.29 is 13.9 Å². The number of carbonyl (C=O) groups excluding carboxylic acids is 1. The van der Waals surface area contributed by atoms with Crippen LogP contribution >= 0.6 is 15.9 Å². The lowest BCUT2D eigenvalue weighted by Crippen LogP contribution is -2.38. The summed E-state index contributed by atoms with van der Waals surface area (Å²) < 4.78 is 19.8. The number of halogens is 2. The van der Waals surface area contributed by atoms with Crippen molar-refractivity contribution in [2.45, 2.75) is 26.4 Å². The molecule has 0 bridgehead atoms. The molecule has 0 aromatic heterocycles. The Kier molecular flexibility index (Phi) is 7.60. The quantitative estimate of drug-likeness (QED) is 0.689. The van der Waals surface area contributed by atoms with E-state index < -0.39 is 5.82 Å². The second-order valence-electron chi connectivity index (χ2n) is 6.11. The predicted molar refractivity (Wildman–Crippen MR) is 105 cm³/mol. The summed E-state index contributed by atoms with van der Waals surface area (Å²) in [7, 11) is 1.44. The fourth-order valence-corrected chi connectivity index (χ4v) is 2.94. The van der Waals surface area contributed by atoms with Gasteiger partial charge in [-0.15, -0.1) is 0 Å². The molecule has 2 rings (SSSR count). The minimum Gasteiger partial charge on any atom is -0.494 e. The number of carbonyl (C=O) groups is 1. The highest BCUT2D eigenvalue weighted by molar-refractivity contribution is 9.10. The number of methoxy groups -OCH3 is 1. The Morgan fingerprint density at radius 2 is 1.96 bits per heavy atom. The molecule has 1 atom stereocenters. The average Bonchev–Trinajstić information content (AvgIpc) is 2.61. The highest BCUT2D eigenvalue weighted by atomic mass is 79.9. The van der Waals surface area contributed by atoms with Crippen molar-refractivity contribution in [1.82, 2.24) is 10.2 Å². The molecule has 0 heterocycles. The Morgan fingerprint density at radius 1 is 1.27 bits per heavy atom. The van der Waals surface area contributed by atoms with E-state index in [4.69, 9.17) is 4.74 Å². The van der Waals surface area contributed by atoms with Gasteiger partial charge in [-0.05, 0) is 48.9 Å². The number of ether oxygens (including phenoxy) is 1. The minimum atomic E-state index is -0.394. The van der Waals surface area contributed by atoms with Crippen LogP contribution < -0.4 is 10.1 Å². The molecule has 0 aliphatic rings. The van der Waals surface area contributed by atoms with E-state index >= 15 is 0 Å². The van der Waals surface area contributed by atoms with Gasteiger partial charge in [0.15, 0.2) is 11.6 Å². The minimum absolute atomic E-state index is 0.0590. The molecular weight excluding hydrogens is 399 g/mol. The Bertz CT molecular complexity index is 737. The molecule has 0 saturated carbocycles. The summed E-state index contributed by atoms with van der Waals surface area (Å²) >= 11 is 3.40. The first-order valence-electron chi connectivity index (χ1n) is 8.52. The average molecular weight is 423 g/mol. The van der Waals surface area contributed by atoms with Gasteiger partial charge in [-0.2, -0.15) is 0 Å². The van der Waals surface area contributed by atoms with E-state index in [1.165, 1.54) is 13.2 Å². The van der Waals surface area contributed by atoms with E-state index in [2.05, 4.69) is 21.2 Å². The molecule has 1 amide bonds. The molecule has 0 saturated heterocycles. The third-order valence-corrected chi connectivity index (χ3v) is 4.71. The molecule has 0 aliphatic heterocycles. The van der Waals surface area contributed by atoms with Crippen LogP contribution in [0.25, 0.3) is 0 Å². The summed E-state index contributed by atoms with van der Waals surface area (Å²) in [5.74, 6) is -0.233. The second kappa shape index (κ2) is 9.69. The van der Waals surface area contributed by atoms with Crippen LogP contribution in [0, 0.1) is 5.82 Å². The van der Waals surface area contributed by atoms with Crippen molar-refractivity contribution in [3.63, 3.8) is 0 Å². The Balaban J connectivity index is 1.93. The highest BCUT2D eigenvalue weighted by Gasteiger charge is 2.14. The second-order valence-corrected chi connectivity index (χ2v) is 7.03. The monoisotopic (exact) mass is 422 g/mol. The van der Waals surface area contributed by atoms with Crippen LogP contribution in [0.15, 0.2) is 46.9 Å². The van der Waals surface area contributed by atoms with Crippen LogP contribution in [0.2, 0.25) is 0 Å². The zero-order valence-electron chi connectivity index (χ0n) is 15.3. The summed E-state index contributed by atoms with van der Waals surface area (Å²) in [5.41, 5.74) is 1.85. The fourth-order valence-electron chi connectivity index (χ4n) is 2.67. The molecule has 2 aromatic rings. The molecule has 26 heavy (non-hydrogen) atoms. The van der Waals surface area contributed by atoms with Crippen molar-refractivity contribution in [1.29, 1.82) is 0 Å². The first-order chi connectivity index (χ1) is 12.4. The number of hydrogen-bond acceptors (Lipinski definition) is 3. The van der Waals surface area contributed by atoms with E-state index in [-0.39, 0.29) is 24.2 Å². The van der Waals surface area contributed by atoms with Crippen molar-refractivity contribution in [2.24, 2.45) is 0 Å². The van der Waals surface area contributed by atoms with Gasteiger partial charge in [-0.1, -0.05) is 41.1 Å². The molecule has 2 aromatic carbocycles. The first kappa shape index (κ1) is 20.4. The predicted octanol–water partition coefficient (Wildman–Crippen LogP) is 4.30. The van der Waals surface area contributed by atoms with Gasteiger partial charge in [-0.25, -0.2) is 4.39 Å². The van der Waals surface area contributed by atoms with E-state index in [0.717, 1.165) is 15.6 Å². The summed E-state index contributed by atoms with van der Waals surface area (Å²) in [4.78, 5) is 14.3. The van der Waals surface area contributed by atoms with Gasteiger partial charge in [0.05, 0.1) is 19.7 Å². The lowest BCUT2D eigenvalue weighted by Gasteiger charge is -2.22. The van der Waals surface area contributed by atoms with Crippen molar-refractivity contribution in [3.05, 3.63) is 63.9 Å². The van der Waals surface area contributed by atoms with E-state index in [1.54, 1.807) is 6.07 Å². The number of nitrogens with zero attached hydrogens (tertiary/aromatic N) is 1. The van der Waals surface area contributed by atoms with Crippen molar-refractivity contribution >= 4 is 21.8 Å². The lowest BCUT2D eigenvalue weighted by molar-refractivity contribution is -0.123. The van der Waals surface area contributed by atoms with Crippen LogP contribution in [0.5, 0.6) is 5.75 Å². The standard InChI is InChI=1S/C20H24BrFN2O2/c1-4-24(12-15-5-10-19(26-3)18(22)11-15)13-20(25)23-14(2)16-6-8-17(21)9-7-16/h5-11,14H,4,12-13H2,1-3H3,(H,23,25)/t14-/m0/s1. The fraction of sp³-hybridized carbons (Fsp3) is 0.350. The van der Waals surface area contributed by atoms with Crippen LogP contribution in [0.3, 0.4) is 0 Å². The van der Waals surface area contributed by atoms with Crippen LogP contribution in [-0.2, 0) is 11.3 Å². The molecule has 4 nitrogen and oxygen atoms in total. The number of amides is 1. The maximum absolute atomic E-state index is 13.8. The third kappa shape index (κ3) is 5.81. The van der Waals surface area contributed by atoms with Gasteiger partial charge in [0, 0.05) is 11.0 Å². The number of nitrogens with one attached hydrogen (secondary N) is 1.